The van der Waals surface area contributed by atoms with Gasteiger partial charge in [0.05, 0.1) is 6.61 Å². The Balaban J connectivity index is 1.74. The molecule has 0 saturated carbocycles. The Morgan fingerprint density at radius 2 is 2.14 bits per heavy atom. The summed E-state index contributed by atoms with van der Waals surface area (Å²) in [7, 11) is 3.44. The number of aryl methyl sites for hydroxylation is 1. The zero-order chi connectivity index (χ0) is 14.9. The molecule has 0 atom stereocenters. The summed E-state index contributed by atoms with van der Waals surface area (Å²) < 4.78 is 7.01. The number of methoxy groups -OCH3 is 1. The quantitative estimate of drug-likeness (QED) is 0.440. The van der Waals surface area contributed by atoms with Crippen LogP contribution in [0.25, 0.3) is 5.65 Å². The van der Waals surface area contributed by atoms with E-state index in [1.54, 1.807) is 14.2 Å². The number of guanidine groups is 1. The van der Waals surface area contributed by atoms with E-state index in [-0.39, 0.29) is 0 Å². The predicted molar refractivity (Wildman–Crippen MR) is 82.5 cm³/mol. The molecule has 0 spiro atoms. The zero-order valence-corrected chi connectivity index (χ0v) is 12.5. The smallest absolute Gasteiger partial charge is 0.191 e. The van der Waals surface area contributed by atoms with Crippen LogP contribution in [-0.4, -0.2) is 54.4 Å². The largest absolute Gasteiger partial charge is 0.383 e. The van der Waals surface area contributed by atoms with Gasteiger partial charge < -0.3 is 15.4 Å². The molecule has 0 amide bonds. The minimum atomic E-state index is 0.659. The Morgan fingerprint density at radius 1 is 1.29 bits per heavy atom. The molecule has 0 saturated heterocycles. The number of hydrogen-bond acceptors (Lipinski definition) is 4. The normalized spacial score (nSPS) is 11.8. The highest BCUT2D eigenvalue weighted by atomic mass is 16.5. The fourth-order valence-electron chi connectivity index (χ4n) is 2.01. The van der Waals surface area contributed by atoms with Gasteiger partial charge in [-0.2, -0.15) is 0 Å². The van der Waals surface area contributed by atoms with Gasteiger partial charge in [0.2, 0.25) is 0 Å². The highest BCUT2D eigenvalue weighted by molar-refractivity contribution is 5.79. The van der Waals surface area contributed by atoms with Crippen molar-refractivity contribution < 1.29 is 4.74 Å². The van der Waals surface area contributed by atoms with E-state index in [4.69, 9.17) is 4.74 Å². The molecule has 2 aromatic rings. The number of fused-ring (bicyclic) bond motifs is 1. The fraction of sp³-hybridized carbons (Fsp3) is 0.500. The van der Waals surface area contributed by atoms with Crippen LogP contribution < -0.4 is 10.6 Å². The van der Waals surface area contributed by atoms with Crippen molar-refractivity contribution in [2.45, 2.75) is 12.8 Å². The second-order valence-corrected chi connectivity index (χ2v) is 4.57. The van der Waals surface area contributed by atoms with Gasteiger partial charge in [-0.3, -0.25) is 9.39 Å². The van der Waals surface area contributed by atoms with E-state index in [1.807, 2.05) is 28.8 Å². The van der Waals surface area contributed by atoms with Gasteiger partial charge in [0.1, 0.15) is 5.82 Å². The van der Waals surface area contributed by atoms with Crippen molar-refractivity contribution in [1.29, 1.82) is 0 Å². The predicted octanol–water partition coefficient (Wildman–Crippen LogP) is 0.473. The number of nitrogens with one attached hydrogen (secondary N) is 2. The molecule has 2 aromatic heterocycles. The van der Waals surface area contributed by atoms with Crippen LogP contribution in [-0.2, 0) is 11.2 Å². The van der Waals surface area contributed by atoms with E-state index in [0.717, 1.165) is 43.4 Å². The van der Waals surface area contributed by atoms with Gasteiger partial charge in [-0.15, -0.1) is 10.2 Å². The minimum absolute atomic E-state index is 0.659. The minimum Gasteiger partial charge on any atom is -0.383 e. The summed E-state index contributed by atoms with van der Waals surface area (Å²) in [5, 5.41) is 14.8. The summed E-state index contributed by atoms with van der Waals surface area (Å²) in [5.74, 6) is 1.77. The molecule has 2 N–H and O–H groups in total. The SMILES string of the molecule is CN=C(NCCCc1nnc2ccccn12)NCCOC. The summed E-state index contributed by atoms with van der Waals surface area (Å²) in [6, 6.07) is 5.90. The number of aromatic nitrogens is 3. The van der Waals surface area contributed by atoms with Gasteiger partial charge in [0.15, 0.2) is 11.6 Å². The fourth-order valence-corrected chi connectivity index (χ4v) is 2.01. The average molecular weight is 290 g/mol. The lowest BCUT2D eigenvalue weighted by atomic mass is 10.3. The molecule has 114 valence electrons. The number of rotatable bonds is 7. The molecule has 0 bridgehead atoms. The summed E-state index contributed by atoms with van der Waals surface area (Å²) in [6.07, 6.45) is 3.82. The van der Waals surface area contributed by atoms with E-state index in [9.17, 15) is 0 Å². The van der Waals surface area contributed by atoms with Crippen molar-refractivity contribution in [1.82, 2.24) is 25.2 Å². The standard InChI is InChI=1S/C14H22N6O/c1-15-14(17-9-11-21-2)16-8-5-7-13-19-18-12-6-3-4-10-20(12)13/h3-4,6,10H,5,7-9,11H2,1-2H3,(H2,15,16,17). The third-order valence-corrected chi connectivity index (χ3v) is 3.08. The van der Waals surface area contributed by atoms with Crippen LogP contribution in [0.1, 0.15) is 12.2 Å². The maximum Gasteiger partial charge on any atom is 0.191 e. The van der Waals surface area contributed by atoms with Crippen LogP contribution in [0.2, 0.25) is 0 Å². The molecule has 7 heteroatoms. The number of pyridine rings is 1. The number of hydrogen-bond donors (Lipinski definition) is 2. The topological polar surface area (TPSA) is 75.8 Å². The molecule has 0 radical (unpaired) electrons. The van der Waals surface area contributed by atoms with Crippen LogP contribution in [0, 0.1) is 0 Å². The first kappa shape index (κ1) is 15.2. The van der Waals surface area contributed by atoms with Gasteiger partial charge in [0, 0.05) is 39.9 Å². The number of ether oxygens (including phenoxy) is 1. The van der Waals surface area contributed by atoms with Crippen molar-refractivity contribution >= 4 is 11.6 Å². The molecule has 0 aliphatic rings. The van der Waals surface area contributed by atoms with E-state index in [1.165, 1.54) is 0 Å². The molecule has 2 heterocycles. The average Bonchev–Trinajstić information content (AvgIpc) is 2.93. The molecule has 0 unspecified atom stereocenters. The van der Waals surface area contributed by atoms with Crippen LogP contribution >= 0.6 is 0 Å². The first-order valence-corrected chi connectivity index (χ1v) is 7.07. The molecular weight excluding hydrogens is 268 g/mol. The van der Waals surface area contributed by atoms with Crippen molar-refractivity contribution in [2.24, 2.45) is 4.99 Å². The summed E-state index contributed by atoms with van der Waals surface area (Å²) in [6.45, 7) is 2.23. The van der Waals surface area contributed by atoms with Crippen molar-refractivity contribution in [3.05, 3.63) is 30.2 Å². The summed E-state index contributed by atoms with van der Waals surface area (Å²) in [4.78, 5) is 4.15. The van der Waals surface area contributed by atoms with Crippen LogP contribution in [0.3, 0.4) is 0 Å². The van der Waals surface area contributed by atoms with Crippen molar-refractivity contribution in [2.75, 3.05) is 33.9 Å². The molecule has 0 aromatic carbocycles. The van der Waals surface area contributed by atoms with Crippen LogP contribution in [0.5, 0.6) is 0 Å². The zero-order valence-electron chi connectivity index (χ0n) is 12.5. The Hall–Kier alpha value is -2.15. The van der Waals surface area contributed by atoms with Crippen LogP contribution in [0.15, 0.2) is 29.4 Å². The lowest BCUT2D eigenvalue weighted by molar-refractivity contribution is 0.203. The Kier molecular flexibility index (Phi) is 5.96. The summed E-state index contributed by atoms with van der Waals surface area (Å²) >= 11 is 0. The maximum atomic E-state index is 4.99. The molecule has 0 fully saturated rings. The van der Waals surface area contributed by atoms with E-state index >= 15 is 0 Å². The Labute approximate surface area is 124 Å². The Bertz CT molecular complexity index is 580. The molecule has 0 aliphatic carbocycles. The number of nitrogens with zero attached hydrogens (tertiary/aromatic N) is 4. The van der Waals surface area contributed by atoms with Gasteiger partial charge in [-0.25, -0.2) is 0 Å². The van der Waals surface area contributed by atoms with Gasteiger partial charge in [-0.05, 0) is 18.6 Å². The van der Waals surface area contributed by atoms with E-state index < -0.39 is 0 Å². The van der Waals surface area contributed by atoms with Crippen molar-refractivity contribution in [3.63, 3.8) is 0 Å². The lowest BCUT2D eigenvalue weighted by Crippen LogP contribution is -2.39. The highest BCUT2D eigenvalue weighted by Gasteiger charge is 2.04. The molecule has 21 heavy (non-hydrogen) atoms. The molecular formula is C14H22N6O. The molecule has 0 aliphatic heterocycles. The molecule has 7 nitrogen and oxygen atoms in total. The lowest BCUT2D eigenvalue weighted by Gasteiger charge is -2.11. The second kappa shape index (κ2) is 8.21. The first-order valence-electron chi connectivity index (χ1n) is 7.07. The van der Waals surface area contributed by atoms with Gasteiger partial charge >= 0.3 is 0 Å². The van der Waals surface area contributed by atoms with Crippen molar-refractivity contribution in [3.8, 4) is 0 Å². The maximum absolute atomic E-state index is 4.99. The Morgan fingerprint density at radius 3 is 2.95 bits per heavy atom. The highest BCUT2D eigenvalue weighted by Crippen LogP contribution is 2.04. The van der Waals surface area contributed by atoms with E-state index in [2.05, 4.69) is 25.8 Å². The third kappa shape index (κ3) is 4.42. The first-order chi connectivity index (χ1) is 10.3. The van der Waals surface area contributed by atoms with Gasteiger partial charge in [0.25, 0.3) is 0 Å². The monoisotopic (exact) mass is 290 g/mol. The summed E-state index contributed by atoms with van der Waals surface area (Å²) in [5.41, 5.74) is 0.887. The number of aliphatic imine (C=N–C) groups is 1. The second-order valence-electron chi connectivity index (χ2n) is 4.57. The third-order valence-electron chi connectivity index (χ3n) is 3.08. The van der Waals surface area contributed by atoms with E-state index in [0.29, 0.717) is 6.61 Å². The van der Waals surface area contributed by atoms with Crippen LogP contribution in [0.4, 0.5) is 0 Å². The molecule has 2 rings (SSSR count). The van der Waals surface area contributed by atoms with Gasteiger partial charge in [-0.1, -0.05) is 6.07 Å².